The van der Waals surface area contributed by atoms with Gasteiger partial charge in [-0.05, 0) is 38.1 Å². The standard InChI is InChI=1S/C15H23BrN2O2/c1-20-11-13-14(16)5-4-6-15(13)17-9-12(19)10-18-7-2-3-8-18/h4-6,12,17,19H,2-3,7-11H2,1H3. The first-order valence-electron chi connectivity index (χ1n) is 7.11. The number of β-amino-alcohol motifs (C(OH)–C–C–N with tert-alkyl or cyclic N) is 1. The first kappa shape index (κ1) is 15.8. The number of halogens is 1. The van der Waals surface area contributed by atoms with Gasteiger partial charge in [-0.1, -0.05) is 22.0 Å². The van der Waals surface area contributed by atoms with Gasteiger partial charge < -0.3 is 20.1 Å². The zero-order valence-electron chi connectivity index (χ0n) is 11.9. The lowest BCUT2D eigenvalue weighted by atomic mass is 10.2. The van der Waals surface area contributed by atoms with Gasteiger partial charge in [0.1, 0.15) is 0 Å². The van der Waals surface area contributed by atoms with Crippen molar-refractivity contribution in [3.8, 4) is 0 Å². The molecule has 5 heteroatoms. The minimum Gasteiger partial charge on any atom is -0.390 e. The third kappa shape index (κ3) is 4.45. The summed E-state index contributed by atoms with van der Waals surface area (Å²) in [6.07, 6.45) is 2.16. The lowest BCUT2D eigenvalue weighted by Gasteiger charge is -2.21. The van der Waals surface area contributed by atoms with E-state index in [1.165, 1.54) is 12.8 Å². The van der Waals surface area contributed by atoms with Gasteiger partial charge in [0, 0.05) is 35.9 Å². The van der Waals surface area contributed by atoms with Gasteiger partial charge in [0.2, 0.25) is 0 Å². The Morgan fingerprint density at radius 3 is 2.85 bits per heavy atom. The molecule has 1 aliphatic heterocycles. The highest BCUT2D eigenvalue weighted by Crippen LogP contribution is 2.25. The number of methoxy groups -OCH3 is 1. The molecule has 1 saturated heterocycles. The number of benzene rings is 1. The molecule has 0 radical (unpaired) electrons. The molecule has 1 atom stereocenters. The van der Waals surface area contributed by atoms with Crippen LogP contribution in [-0.2, 0) is 11.3 Å². The molecule has 4 nitrogen and oxygen atoms in total. The molecule has 0 bridgehead atoms. The van der Waals surface area contributed by atoms with Crippen LogP contribution in [0, 0.1) is 0 Å². The molecule has 1 aromatic rings. The topological polar surface area (TPSA) is 44.7 Å². The van der Waals surface area contributed by atoms with Crippen molar-refractivity contribution in [2.24, 2.45) is 0 Å². The van der Waals surface area contributed by atoms with E-state index in [1.54, 1.807) is 7.11 Å². The number of hydrogen-bond acceptors (Lipinski definition) is 4. The van der Waals surface area contributed by atoms with Crippen molar-refractivity contribution < 1.29 is 9.84 Å². The van der Waals surface area contributed by atoms with Crippen LogP contribution in [0.1, 0.15) is 18.4 Å². The lowest BCUT2D eigenvalue weighted by molar-refractivity contribution is 0.135. The minimum absolute atomic E-state index is 0.345. The van der Waals surface area contributed by atoms with E-state index in [-0.39, 0.29) is 6.10 Å². The number of rotatable bonds is 7. The van der Waals surface area contributed by atoms with E-state index in [2.05, 4.69) is 26.1 Å². The van der Waals surface area contributed by atoms with Crippen LogP contribution in [0.2, 0.25) is 0 Å². The number of aliphatic hydroxyl groups excluding tert-OH is 1. The molecule has 0 saturated carbocycles. The van der Waals surface area contributed by atoms with Crippen molar-refractivity contribution in [2.45, 2.75) is 25.6 Å². The van der Waals surface area contributed by atoms with E-state index < -0.39 is 0 Å². The summed E-state index contributed by atoms with van der Waals surface area (Å²) in [6.45, 7) is 4.09. The molecule has 1 heterocycles. The van der Waals surface area contributed by atoms with Crippen LogP contribution in [0.4, 0.5) is 5.69 Å². The number of aliphatic hydroxyl groups is 1. The summed E-state index contributed by atoms with van der Waals surface area (Å²) < 4.78 is 6.25. The summed E-state index contributed by atoms with van der Waals surface area (Å²) in [4.78, 5) is 2.32. The summed E-state index contributed by atoms with van der Waals surface area (Å²) in [5, 5.41) is 13.4. The predicted molar refractivity (Wildman–Crippen MR) is 85.0 cm³/mol. The van der Waals surface area contributed by atoms with E-state index in [4.69, 9.17) is 4.74 Å². The highest BCUT2D eigenvalue weighted by atomic mass is 79.9. The number of hydrogen-bond donors (Lipinski definition) is 2. The fourth-order valence-electron chi connectivity index (χ4n) is 2.57. The summed E-state index contributed by atoms with van der Waals surface area (Å²) in [6, 6.07) is 6.00. The molecule has 112 valence electrons. The fourth-order valence-corrected chi connectivity index (χ4v) is 3.05. The third-order valence-corrected chi connectivity index (χ3v) is 4.35. The zero-order valence-corrected chi connectivity index (χ0v) is 13.5. The number of likely N-dealkylation sites (tertiary alicyclic amines) is 1. The third-order valence-electron chi connectivity index (χ3n) is 3.60. The molecule has 1 fully saturated rings. The molecule has 2 rings (SSSR count). The van der Waals surface area contributed by atoms with Crippen LogP contribution in [-0.4, -0.2) is 49.4 Å². The molecular formula is C15H23BrN2O2. The van der Waals surface area contributed by atoms with Crippen LogP contribution >= 0.6 is 15.9 Å². The summed E-state index contributed by atoms with van der Waals surface area (Å²) in [5.41, 5.74) is 2.10. The first-order valence-corrected chi connectivity index (χ1v) is 7.90. The Morgan fingerprint density at radius 2 is 2.15 bits per heavy atom. The highest BCUT2D eigenvalue weighted by molar-refractivity contribution is 9.10. The Balaban J connectivity index is 1.87. The predicted octanol–water partition coefficient (Wildman–Crippen LogP) is 2.46. The minimum atomic E-state index is -0.345. The molecule has 1 aliphatic rings. The van der Waals surface area contributed by atoms with Crippen LogP contribution in [0.15, 0.2) is 22.7 Å². The van der Waals surface area contributed by atoms with Gasteiger partial charge >= 0.3 is 0 Å². The smallest absolute Gasteiger partial charge is 0.0839 e. The Bertz CT molecular complexity index is 422. The van der Waals surface area contributed by atoms with Gasteiger partial charge in [-0.15, -0.1) is 0 Å². The maximum absolute atomic E-state index is 10.1. The average Bonchev–Trinajstić information content (AvgIpc) is 2.92. The van der Waals surface area contributed by atoms with Gasteiger partial charge in [0.05, 0.1) is 12.7 Å². The monoisotopic (exact) mass is 342 g/mol. The van der Waals surface area contributed by atoms with Crippen LogP contribution in [0.3, 0.4) is 0 Å². The van der Waals surface area contributed by atoms with Crippen molar-refractivity contribution >= 4 is 21.6 Å². The Morgan fingerprint density at radius 1 is 1.40 bits per heavy atom. The number of anilines is 1. The maximum Gasteiger partial charge on any atom is 0.0839 e. The second kappa shape index (κ2) is 7.98. The van der Waals surface area contributed by atoms with E-state index in [0.717, 1.165) is 35.4 Å². The molecular weight excluding hydrogens is 320 g/mol. The van der Waals surface area contributed by atoms with Gasteiger partial charge in [-0.2, -0.15) is 0 Å². The zero-order chi connectivity index (χ0) is 14.4. The van der Waals surface area contributed by atoms with Crippen molar-refractivity contribution in [2.75, 3.05) is 38.6 Å². The quantitative estimate of drug-likeness (QED) is 0.798. The largest absolute Gasteiger partial charge is 0.390 e. The molecule has 0 aromatic heterocycles. The average molecular weight is 343 g/mol. The van der Waals surface area contributed by atoms with Crippen LogP contribution in [0.5, 0.6) is 0 Å². The molecule has 0 aliphatic carbocycles. The van der Waals surface area contributed by atoms with Crippen molar-refractivity contribution in [1.29, 1.82) is 0 Å². The highest BCUT2D eigenvalue weighted by Gasteiger charge is 2.16. The molecule has 2 N–H and O–H groups in total. The van der Waals surface area contributed by atoms with Crippen molar-refractivity contribution in [3.63, 3.8) is 0 Å². The van der Waals surface area contributed by atoms with Crippen LogP contribution < -0.4 is 5.32 Å². The Kier molecular flexibility index (Phi) is 6.29. The molecule has 0 amide bonds. The SMILES string of the molecule is COCc1c(Br)cccc1NCC(O)CN1CCCC1. The lowest BCUT2D eigenvalue weighted by Crippen LogP contribution is -2.34. The maximum atomic E-state index is 10.1. The number of nitrogens with zero attached hydrogens (tertiary/aromatic N) is 1. The van der Waals surface area contributed by atoms with Crippen LogP contribution in [0.25, 0.3) is 0 Å². The van der Waals surface area contributed by atoms with Gasteiger partial charge in [-0.25, -0.2) is 0 Å². The Hall–Kier alpha value is -0.620. The Labute approximate surface area is 129 Å². The molecule has 20 heavy (non-hydrogen) atoms. The van der Waals surface area contributed by atoms with Crippen molar-refractivity contribution in [3.05, 3.63) is 28.2 Å². The second-order valence-corrected chi connectivity index (χ2v) is 6.10. The first-order chi connectivity index (χ1) is 9.70. The summed E-state index contributed by atoms with van der Waals surface area (Å²) in [7, 11) is 1.69. The number of nitrogens with one attached hydrogen (secondary N) is 1. The molecule has 1 unspecified atom stereocenters. The summed E-state index contributed by atoms with van der Waals surface area (Å²) >= 11 is 3.54. The van der Waals surface area contributed by atoms with E-state index in [1.807, 2.05) is 18.2 Å². The van der Waals surface area contributed by atoms with E-state index in [9.17, 15) is 5.11 Å². The van der Waals surface area contributed by atoms with Gasteiger partial charge in [0.15, 0.2) is 0 Å². The fraction of sp³-hybridized carbons (Fsp3) is 0.600. The molecule has 0 spiro atoms. The van der Waals surface area contributed by atoms with E-state index in [0.29, 0.717) is 13.2 Å². The van der Waals surface area contributed by atoms with Gasteiger partial charge in [-0.3, -0.25) is 0 Å². The van der Waals surface area contributed by atoms with E-state index >= 15 is 0 Å². The normalized spacial score (nSPS) is 17.4. The molecule has 1 aromatic carbocycles. The van der Waals surface area contributed by atoms with Gasteiger partial charge in [0.25, 0.3) is 0 Å². The summed E-state index contributed by atoms with van der Waals surface area (Å²) in [5.74, 6) is 0. The second-order valence-electron chi connectivity index (χ2n) is 5.24. The van der Waals surface area contributed by atoms with Crippen molar-refractivity contribution in [1.82, 2.24) is 4.90 Å². The number of ether oxygens (including phenoxy) is 1.